The van der Waals surface area contributed by atoms with Gasteiger partial charge in [-0.25, -0.2) is 4.79 Å². The van der Waals surface area contributed by atoms with Gasteiger partial charge in [0, 0.05) is 12.3 Å². The fraction of sp³-hybridized carbons (Fsp3) is 0.533. The van der Waals surface area contributed by atoms with Crippen LogP contribution in [0, 0.1) is 6.92 Å². The second-order valence-electron chi connectivity index (χ2n) is 5.06. The van der Waals surface area contributed by atoms with Crippen LogP contribution >= 0.6 is 0 Å². The average molecular weight is 294 g/mol. The van der Waals surface area contributed by atoms with E-state index in [-0.39, 0.29) is 5.56 Å². The maximum absolute atomic E-state index is 12.3. The molecular formula is C15H22N2O4. The molecular weight excluding hydrogens is 272 g/mol. The van der Waals surface area contributed by atoms with Gasteiger partial charge in [-0.3, -0.25) is 9.59 Å². The summed E-state index contributed by atoms with van der Waals surface area (Å²) >= 11 is 0. The van der Waals surface area contributed by atoms with Gasteiger partial charge in [0.1, 0.15) is 12.1 Å². The molecule has 0 saturated heterocycles. The summed E-state index contributed by atoms with van der Waals surface area (Å²) in [7, 11) is 0. The Hall–Kier alpha value is -2.11. The molecule has 0 aromatic carbocycles. The van der Waals surface area contributed by atoms with Gasteiger partial charge >= 0.3 is 5.97 Å². The highest BCUT2D eigenvalue weighted by Crippen LogP contribution is 2.13. The number of carboxylic acid groups (broad SMARTS) is 1. The predicted octanol–water partition coefficient (Wildman–Crippen LogP) is 1.48. The van der Waals surface area contributed by atoms with Crippen molar-refractivity contribution in [2.45, 2.75) is 52.1 Å². The van der Waals surface area contributed by atoms with Gasteiger partial charge in [0.2, 0.25) is 5.91 Å². The molecule has 6 heteroatoms. The molecule has 0 aliphatic carbocycles. The smallest absolute Gasteiger partial charge is 0.326 e. The maximum atomic E-state index is 12.3. The van der Waals surface area contributed by atoms with Gasteiger partial charge in [0.25, 0.3) is 5.56 Å². The Morgan fingerprint density at radius 1 is 1.33 bits per heavy atom. The van der Waals surface area contributed by atoms with E-state index in [2.05, 4.69) is 5.32 Å². The highest BCUT2D eigenvalue weighted by molar-refractivity contribution is 5.85. The van der Waals surface area contributed by atoms with Crippen LogP contribution in [-0.2, 0) is 9.59 Å². The van der Waals surface area contributed by atoms with Crippen molar-refractivity contribution in [2.24, 2.45) is 0 Å². The number of carbonyl (C=O) groups excluding carboxylic acids is 1. The van der Waals surface area contributed by atoms with Crippen LogP contribution in [0.4, 0.5) is 0 Å². The Kier molecular flexibility index (Phi) is 6.14. The standard InChI is InChI=1S/C15H22N2O4/c1-4-6-12(14(19)16-11(5-2)15(20)21)17-9-10(3)7-8-13(17)18/h7-9,11-12H,4-6H2,1-3H3,(H,16,19)(H,20,21). The van der Waals surface area contributed by atoms with Crippen molar-refractivity contribution in [1.82, 2.24) is 9.88 Å². The molecule has 0 aliphatic rings. The first-order valence-corrected chi connectivity index (χ1v) is 7.12. The lowest BCUT2D eigenvalue weighted by Crippen LogP contribution is -2.45. The zero-order valence-electron chi connectivity index (χ0n) is 12.6. The molecule has 2 N–H and O–H groups in total. The third kappa shape index (κ3) is 4.44. The molecule has 1 heterocycles. The van der Waals surface area contributed by atoms with Crippen molar-refractivity contribution in [3.63, 3.8) is 0 Å². The molecule has 0 saturated carbocycles. The number of nitrogens with zero attached hydrogens (tertiary/aromatic N) is 1. The van der Waals surface area contributed by atoms with Crippen molar-refractivity contribution >= 4 is 11.9 Å². The number of pyridine rings is 1. The number of hydrogen-bond donors (Lipinski definition) is 2. The van der Waals surface area contributed by atoms with Gasteiger partial charge in [-0.1, -0.05) is 26.3 Å². The van der Waals surface area contributed by atoms with Crippen LogP contribution in [-0.4, -0.2) is 27.6 Å². The van der Waals surface area contributed by atoms with E-state index in [4.69, 9.17) is 5.11 Å². The van der Waals surface area contributed by atoms with Crippen molar-refractivity contribution in [2.75, 3.05) is 0 Å². The van der Waals surface area contributed by atoms with Gasteiger partial charge in [-0.2, -0.15) is 0 Å². The highest BCUT2D eigenvalue weighted by atomic mass is 16.4. The summed E-state index contributed by atoms with van der Waals surface area (Å²) in [5, 5.41) is 11.5. The molecule has 1 aromatic heterocycles. The fourth-order valence-electron chi connectivity index (χ4n) is 2.13. The molecule has 0 radical (unpaired) electrons. The number of rotatable bonds is 7. The van der Waals surface area contributed by atoms with E-state index in [1.54, 1.807) is 19.2 Å². The lowest BCUT2D eigenvalue weighted by molar-refractivity contribution is -0.142. The SMILES string of the molecule is CCCC(C(=O)NC(CC)C(=O)O)n1cc(C)ccc1=O. The molecule has 1 aromatic rings. The Bertz CT molecular complexity index is 565. The third-order valence-corrected chi connectivity index (χ3v) is 3.31. The van der Waals surface area contributed by atoms with E-state index in [9.17, 15) is 14.4 Å². The third-order valence-electron chi connectivity index (χ3n) is 3.31. The van der Waals surface area contributed by atoms with Crippen molar-refractivity contribution in [3.8, 4) is 0 Å². The molecule has 21 heavy (non-hydrogen) atoms. The highest BCUT2D eigenvalue weighted by Gasteiger charge is 2.25. The molecule has 2 atom stereocenters. The maximum Gasteiger partial charge on any atom is 0.326 e. The van der Waals surface area contributed by atoms with Gasteiger partial charge in [0.05, 0.1) is 0 Å². The van der Waals surface area contributed by atoms with Crippen LogP contribution in [0.3, 0.4) is 0 Å². The largest absolute Gasteiger partial charge is 0.480 e. The molecule has 116 valence electrons. The Labute approximate surface area is 123 Å². The lowest BCUT2D eigenvalue weighted by Gasteiger charge is -2.21. The minimum Gasteiger partial charge on any atom is -0.480 e. The summed E-state index contributed by atoms with van der Waals surface area (Å²) < 4.78 is 1.38. The van der Waals surface area contributed by atoms with E-state index in [1.165, 1.54) is 10.6 Å². The average Bonchev–Trinajstić information content (AvgIpc) is 2.44. The van der Waals surface area contributed by atoms with E-state index in [0.717, 1.165) is 5.56 Å². The first-order chi connectivity index (χ1) is 9.90. The lowest BCUT2D eigenvalue weighted by atomic mass is 10.1. The molecule has 1 amide bonds. The minimum absolute atomic E-state index is 0.266. The number of aliphatic carboxylic acids is 1. The molecule has 0 aliphatic heterocycles. The number of carbonyl (C=O) groups is 2. The summed E-state index contributed by atoms with van der Waals surface area (Å²) in [6, 6.07) is 1.49. The molecule has 0 bridgehead atoms. The first-order valence-electron chi connectivity index (χ1n) is 7.12. The number of carboxylic acids is 1. The summed E-state index contributed by atoms with van der Waals surface area (Å²) in [5.74, 6) is -1.50. The van der Waals surface area contributed by atoms with Crippen LogP contribution in [0.2, 0.25) is 0 Å². The zero-order valence-corrected chi connectivity index (χ0v) is 12.6. The minimum atomic E-state index is -1.07. The monoisotopic (exact) mass is 294 g/mol. The normalized spacial score (nSPS) is 13.5. The van der Waals surface area contributed by atoms with Crippen molar-refractivity contribution in [1.29, 1.82) is 0 Å². The second kappa shape index (κ2) is 7.61. The number of aryl methyl sites for hydroxylation is 1. The van der Waals surface area contributed by atoms with Gasteiger partial charge in [-0.05, 0) is 25.3 Å². The molecule has 0 fully saturated rings. The molecule has 2 unspecified atom stereocenters. The summed E-state index contributed by atoms with van der Waals surface area (Å²) in [4.78, 5) is 35.3. The quantitative estimate of drug-likeness (QED) is 0.797. The van der Waals surface area contributed by atoms with Gasteiger partial charge in [-0.15, -0.1) is 0 Å². The fourth-order valence-corrected chi connectivity index (χ4v) is 2.13. The summed E-state index contributed by atoms with van der Waals surface area (Å²) in [6.07, 6.45) is 3.11. The Balaban J connectivity index is 3.06. The van der Waals surface area contributed by atoms with Crippen LogP contribution < -0.4 is 10.9 Å². The number of hydrogen-bond acceptors (Lipinski definition) is 3. The van der Waals surface area contributed by atoms with E-state index in [1.807, 2.05) is 13.8 Å². The van der Waals surface area contributed by atoms with Crippen LogP contribution in [0.25, 0.3) is 0 Å². The zero-order chi connectivity index (χ0) is 16.0. The van der Waals surface area contributed by atoms with E-state index in [0.29, 0.717) is 19.3 Å². The van der Waals surface area contributed by atoms with Crippen molar-refractivity contribution in [3.05, 3.63) is 34.2 Å². The number of aromatic nitrogens is 1. The molecule has 1 rings (SSSR count). The number of amides is 1. The second-order valence-corrected chi connectivity index (χ2v) is 5.06. The summed E-state index contributed by atoms with van der Waals surface area (Å²) in [5.41, 5.74) is 0.603. The molecule has 0 spiro atoms. The topological polar surface area (TPSA) is 88.4 Å². The Morgan fingerprint density at radius 2 is 2.00 bits per heavy atom. The van der Waals surface area contributed by atoms with Crippen molar-refractivity contribution < 1.29 is 14.7 Å². The summed E-state index contributed by atoms with van der Waals surface area (Å²) in [6.45, 7) is 5.44. The van der Waals surface area contributed by atoms with Gasteiger partial charge < -0.3 is 15.0 Å². The van der Waals surface area contributed by atoms with E-state index < -0.39 is 24.0 Å². The van der Waals surface area contributed by atoms with E-state index >= 15 is 0 Å². The van der Waals surface area contributed by atoms with Crippen LogP contribution in [0.5, 0.6) is 0 Å². The Morgan fingerprint density at radius 3 is 2.52 bits per heavy atom. The van der Waals surface area contributed by atoms with Crippen LogP contribution in [0.1, 0.15) is 44.7 Å². The number of nitrogens with one attached hydrogen (secondary N) is 1. The first kappa shape index (κ1) is 16.9. The molecule has 6 nitrogen and oxygen atoms in total. The van der Waals surface area contributed by atoms with Crippen LogP contribution in [0.15, 0.2) is 23.1 Å². The van der Waals surface area contributed by atoms with Gasteiger partial charge in [0.15, 0.2) is 0 Å². The predicted molar refractivity (Wildman–Crippen MR) is 79.2 cm³/mol.